The van der Waals surface area contributed by atoms with E-state index in [0.717, 1.165) is 12.5 Å². The van der Waals surface area contributed by atoms with Crippen LogP contribution in [0.15, 0.2) is 12.1 Å². The molecule has 3 nitrogen and oxygen atoms in total. The van der Waals surface area contributed by atoms with Crippen molar-refractivity contribution in [1.29, 1.82) is 0 Å². The van der Waals surface area contributed by atoms with Gasteiger partial charge in [-0.3, -0.25) is 0 Å². The summed E-state index contributed by atoms with van der Waals surface area (Å²) in [4.78, 5) is 4.31. The minimum absolute atomic E-state index is 0.194. The molecule has 2 aromatic rings. The minimum atomic E-state index is -0.642. The first-order valence-electron chi connectivity index (χ1n) is 6.56. The van der Waals surface area contributed by atoms with Crippen molar-refractivity contribution in [2.75, 3.05) is 19.1 Å². The number of rotatable bonds is 3. The van der Waals surface area contributed by atoms with E-state index >= 15 is 0 Å². The van der Waals surface area contributed by atoms with Gasteiger partial charge in [0.25, 0.3) is 0 Å². The number of imidazole rings is 1. The molecule has 20 heavy (non-hydrogen) atoms. The molecular formula is C14H15ClF2N2O. The molecule has 1 atom stereocenters. The molecular weight excluding hydrogens is 286 g/mol. The zero-order chi connectivity index (χ0) is 14.3. The normalized spacial score (nSPS) is 22.8. The van der Waals surface area contributed by atoms with E-state index < -0.39 is 11.6 Å². The van der Waals surface area contributed by atoms with Crippen molar-refractivity contribution in [3.63, 3.8) is 0 Å². The molecule has 3 rings (SSSR count). The fourth-order valence-corrected chi connectivity index (χ4v) is 3.01. The number of halogens is 3. The van der Waals surface area contributed by atoms with Crippen molar-refractivity contribution in [3.05, 3.63) is 29.6 Å². The van der Waals surface area contributed by atoms with Crippen molar-refractivity contribution < 1.29 is 13.5 Å². The molecule has 1 saturated heterocycles. The van der Waals surface area contributed by atoms with E-state index in [1.807, 2.05) is 11.5 Å². The monoisotopic (exact) mass is 300 g/mol. The Balaban J connectivity index is 2.28. The summed E-state index contributed by atoms with van der Waals surface area (Å²) in [6.07, 6.45) is 1.29. The predicted octanol–water partition coefficient (Wildman–Crippen LogP) is 3.23. The smallest absolute Gasteiger partial charge is 0.153 e. The Morgan fingerprint density at radius 3 is 2.90 bits per heavy atom. The van der Waals surface area contributed by atoms with Gasteiger partial charge >= 0.3 is 0 Å². The zero-order valence-corrected chi connectivity index (χ0v) is 11.9. The third kappa shape index (κ3) is 2.09. The number of ether oxygens (including phenoxy) is 1. The Labute approximate surface area is 120 Å². The van der Waals surface area contributed by atoms with E-state index in [4.69, 9.17) is 16.3 Å². The van der Waals surface area contributed by atoms with Gasteiger partial charge in [0.15, 0.2) is 5.82 Å². The maximum atomic E-state index is 13.9. The van der Waals surface area contributed by atoms with Crippen LogP contribution in [-0.2, 0) is 16.7 Å². The number of hydrogen-bond donors (Lipinski definition) is 0. The average molecular weight is 301 g/mol. The highest BCUT2D eigenvalue weighted by molar-refractivity contribution is 6.17. The van der Waals surface area contributed by atoms with Gasteiger partial charge in [0, 0.05) is 25.0 Å². The molecule has 0 amide bonds. The first-order chi connectivity index (χ1) is 9.55. The lowest BCUT2D eigenvalue weighted by Gasteiger charge is -2.27. The standard InChI is InChI=1S/C14H15ClF2N2O/c1-14(3-5-20-8-14)19-11-7-9(16)6-10(17)13(11)18-12(19)2-4-15/h6-7H,2-5,8H2,1H3. The summed E-state index contributed by atoms with van der Waals surface area (Å²) < 4.78 is 34.8. The molecule has 0 spiro atoms. The van der Waals surface area contributed by atoms with Crippen LogP contribution in [0.25, 0.3) is 11.0 Å². The van der Waals surface area contributed by atoms with Crippen molar-refractivity contribution >= 4 is 22.6 Å². The minimum Gasteiger partial charge on any atom is -0.379 e. The first kappa shape index (κ1) is 13.8. The quantitative estimate of drug-likeness (QED) is 0.814. The summed E-state index contributed by atoms with van der Waals surface area (Å²) >= 11 is 5.81. The molecule has 0 aliphatic carbocycles. The van der Waals surface area contributed by atoms with E-state index in [1.54, 1.807) is 0 Å². The summed E-state index contributed by atoms with van der Waals surface area (Å²) in [6.45, 7) is 3.15. The molecule has 0 saturated carbocycles. The van der Waals surface area contributed by atoms with Crippen LogP contribution < -0.4 is 0 Å². The Hall–Kier alpha value is -1.20. The average Bonchev–Trinajstić information content (AvgIpc) is 2.95. The summed E-state index contributed by atoms with van der Waals surface area (Å²) in [5.74, 6) is -0.189. The number of hydrogen-bond acceptors (Lipinski definition) is 2. The number of fused-ring (bicyclic) bond motifs is 1. The second kappa shape index (κ2) is 4.97. The highest BCUT2D eigenvalue weighted by atomic mass is 35.5. The second-order valence-electron chi connectivity index (χ2n) is 5.36. The number of aromatic nitrogens is 2. The molecule has 1 aliphatic rings. The van der Waals surface area contributed by atoms with Crippen LogP contribution in [0.4, 0.5) is 8.78 Å². The predicted molar refractivity (Wildman–Crippen MR) is 73.2 cm³/mol. The van der Waals surface area contributed by atoms with Crippen molar-refractivity contribution in [3.8, 4) is 0 Å². The van der Waals surface area contributed by atoms with Crippen LogP contribution in [-0.4, -0.2) is 28.6 Å². The van der Waals surface area contributed by atoms with Crippen molar-refractivity contribution in [1.82, 2.24) is 9.55 Å². The van der Waals surface area contributed by atoms with E-state index in [1.165, 1.54) is 6.07 Å². The van der Waals surface area contributed by atoms with Gasteiger partial charge in [-0.05, 0) is 19.4 Å². The first-order valence-corrected chi connectivity index (χ1v) is 7.09. The van der Waals surface area contributed by atoms with E-state index in [2.05, 4.69) is 4.98 Å². The highest BCUT2D eigenvalue weighted by Gasteiger charge is 2.35. The van der Waals surface area contributed by atoms with Gasteiger partial charge in [-0.1, -0.05) is 0 Å². The molecule has 108 valence electrons. The van der Waals surface area contributed by atoms with Crippen LogP contribution >= 0.6 is 11.6 Å². The molecule has 2 heterocycles. The lowest BCUT2D eigenvalue weighted by molar-refractivity contribution is 0.162. The van der Waals surface area contributed by atoms with Gasteiger partial charge in [-0.2, -0.15) is 0 Å². The number of alkyl halides is 1. The SMILES string of the molecule is CC1(n2c(CCCl)nc3c(F)cc(F)cc32)CCOC1. The van der Waals surface area contributed by atoms with Crippen molar-refractivity contribution in [2.24, 2.45) is 0 Å². The molecule has 1 fully saturated rings. The van der Waals surface area contributed by atoms with Gasteiger partial charge < -0.3 is 9.30 Å². The lowest BCUT2D eigenvalue weighted by Crippen LogP contribution is -2.32. The Bertz CT molecular complexity index is 650. The number of nitrogens with zero attached hydrogens (tertiary/aromatic N) is 2. The number of aryl methyl sites for hydroxylation is 1. The Kier molecular flexibility index (Phi) is 3.42. The molecule has 1 unspecified atom stereocenters. The lowest BCUT2D eigenvalue weighted by atomic mass is 10.0. The Morgan fingerprint density at radius 1 is 1.45 bits per heavy atom. The summed E-state index contributed by atoms with van der Waals surface area (Å²) in [5.41, 5.74) is 0.325. The van der Waals surface area contributed by atoms with Crippen LogP contribution in [0.5, 0.6) is 0 Å². The van der Waals surface area contributed by atoms with Gasteiger partial charge in [0.1, 0.15) is 17.2 Å². The second-order valence-corrected chi connectivity index (χ2v) is 5.74. The molecule has 0 N–H and O–H groups in total. The summed E-state index contributed by atoms with van der Waals surface area (Å²) in [6, 6.07) is 2.18. The molecule has 1 aromatic heterocycles. The van der Waals surface area contributed by atoms with Crippen LogP contribution in [0.2, 0.25) is 0 Å². The van der Waals surface area contributed by atoms with Crippen LogP contribution in [0, 0.1) is 11.6 Å². The van der Waals surface area contributed by atoms with Gasteiger partial charge in [-0.15, -0.1) is 11.6 Å². The fraction of sp³-hybridized carbons (Fsp3) is 0.500. The molecule has 0 bridgehead atoms. The largest absolute Gasteiger partial charge is 0.379 e. The topological polar surface area (TPSA) is 27.1 Å². The molecule has 0 radical (unpaired) electrons. The molecule has 1 aromatic carbocycles. The van der Waals surface area contributed by atoms with Gasteiger partial charge in [0.2, 0.25) is 0 Å². The Morgan fingerprint density at radius 2 is 2.25 bits per heavy atom. The molecule has 6 heteroatoms. The van der Waals surface area contributed by atoms with E-state index in [0.29, 0.717) is 36.9 Å². The van der Waals surface area contributed by atoms with Crippen LogP contribution in [0.1, 0.15) is 19.2 Å². The summed E-state index contributed by atoms with van der Waals surface area (Å²) in [5, 5.41) is 0. The third-order valence-electron chi connectivity index (χ3n) is 3.80. The summed E-state index contributed by atoms with van der Waals surface area (Å²) in [7, 11) is 0. The van der Waals surface area contributed by atoms with Gasteiger partial charge in [0.05, 0.1) is 17.7 Å². The highest BCUT2D eigenvalue weighted by Crippen LogP contribution is 2.33. The zero-order valence-electron chi connectivity index (χ0n) is 11.1. The van der Waals surface area contributed by atoms with E-state index in [-0.39, 0.29) is 11.1 Å². The van der Waals surface area contributed by atoms with Crippen molar-refractivity contribution in [2.45, 2.75) is 25.3 Å². The maximum absolute atomic E-state index is 13.9. The van der Waals surface area contributed by atoms with Crippen LogP contribution in [0.3, 0.4) is 0 Å². The number of benzene rings is 1. The third-order valence-corrected chi connectivity index (χ3v) is 3.99. The molecule has 1 aliphatic heterocycles. The maximum Gasteiger partial charge on any atom is 0.153 e. The van der Waals surface area contributed by atoms with Gasteiger partial charge in [-0.25, -0.2) is 13.8 Å². The van der Waals surface area contributed by atoms with E-state index in [9.17, 15) is 8.78 Å². The fourth-order valence-electron chi connectivity index (χ4n) is 2.84.